The molecule has 274 valence electrons. The number of unbranched alkanes of at least 4 members (excludes halogenated alkanes) is 1. The van der Waals surface area contributed by atoms with Gasteiger partial charge in [-0.2, -0.15) is 9.40 Å². The summed E-state index contributed by atoms with van der Waals surface area (Å²) >= 11 is 0. The number of H-pyrrole nitrogens is 1. The standard InChI is InChI=1S/C30H41N7O12S/c1-4-9-24-27-28(34(3)33-24)30(39)32-29(31-27)23-16-22(13-14-25(23)46-5-2)50(44,45)35-17-20(18-35)10-8-15-47-26(38)12-7-6-11-21(49-37(42)43)19-48-36(40)41/h13-14,16,20-21H,4-12,15,17-19H2,1-3H3,(H,31,32,39). The Morgan fingerprint density at radius 2 is 1.90 bits per heavy atom. The summed E-state index contributed by atoms with van der Waals surface area (Å²) in [5.74, 6) is 0.178. The minimum Gasteiger partial charge on any atom is -0.493 e. The SMILES string of the molecule is CCCc1nn(C)c2c(=O)[nH]c(-c3cc(S(=O)(=O)N4CC(CCCOC(=O)CCCCC(CO[N+](=O)[O-])O[N+](=O)[O-])C4)ccc3OCC)nc12. The van der Waals surface area contributed by atoms with Crippen molar-refractivity contribution in [1.82, 2.24) is 24.1 Å². The molecule has 0 aliphatic carbocycles. The number of hydrogen-bond acceptors (Lipinski definition) is 14. The number of benzene rings is 1. The number of aromatic nitrogens is 4. The second-order valence-corrected chi connectivity index (χ2v) is 13.7. The Bertz CT molecular complexity index is 1840. The van der Waals surface area contributed by atoms with Gasteiger partial charge in [-0.25, -0.2) is 13.4 Å². The van der Waals surface area contributed by atoms with Crippen molar-refractivity contribution in [1.29, 1.82) is 0 Å². The number of rotatable bonds is 21. The number of nitrogens with zero attached hydrogens (tertiary/aromatic N) is 6. The molecular formula is C30H41N7O12S. The third-order valence-electron chi connectivity index (χ3n) is 8.09. The fourth-order valence-corrected chi connectivity index (χ4v) is 7.29. The third kappa shape index (κ3) is 9.65. The van der Waals surface area contributed by atoms with E-state index in [1.54, 1.807) is 20.0 Å². The monoisotopic (exact) mass is 723 g/mol. The summed E-state index contributed by atoms with van der Waals surface area (Å²) in [5.41, 5.74) is 1.40. The quantitative estimate of drug-likeness (QED) is 0.0719. The number of ether oxygens (including phenoxy) is 2. The molecule has 0 saturated carbocycles. The molecule has 1 atom stereocenters. The molecule has 2 aromatic heterocycles. The lowest BCUT2D eigenvalue weighted by Gasteiger charge is -2.38. The van der Waals surface area contributed by atoms with E-state index in [4.69, 9.17) is 14.5 Å². The predicted molar refractivity (Wildman–Crippen MR) is 175 cm³/mol. The van der Waals surface area contributed by atoms with Crippen molar-refractivity contribution in [2.24, 2.45) is 13.0 Å². The number of aryl methyl sites for hydroxylation is 2. The summed E-state index contributed by atoms with van der Waals surface area (Å²) < 4.78 is 41.0. The van der Waals surface area contributed by atoms with Crippen LogP contribution in [0.4, 0.5) is 0 Å². The second-order valence-electron chi connectivity index (χ2n) is 11.8. The first-order chi connectivity index (χ1) is 23.8. The van der Waals surface area contributed by atoms with Crippen LogP contribution in [0.3, 0.4) is 0 Å². The first kappa shape index (κ1) is 38.0. The summed E-state index contributed by atoms with van der Waals surface area (Å²) in [6, 6.07) is 4.49. The smallest absolute Gasteiger partial charge is 0.305 e. The lowest BCUT2D eigenvalue weighted by molar-refractivity contribution is -0.790. The molecule has 1 aliphatic rings. The van der Waals surface area contributed by atoms with Gasteiger partial charge in [0.2, 0.25) is 10.0 Å². The van der Waals surface area contributed by atoms with Gasteiger partial charge in [-0.15, -0.1) is 20.2 Å². The van der Waals surface area contributed by atoms with E-state index in [0.717, 1.165) is 6.42 Å². The molecule has 3 heterocycles. The van der Waals surface area contributed by atoms with Crippen molar-refractivity contribution in [2.75, 3.05) is 32.9 Å². The number of nitrogens with one attached hydrogen (secondary N) is 1. The van der Waals surface area contributed by atoms with Gasteiger partial charge in [-0.3, -0.25) is 14.3 Å². The topological polar surface area (TPSA) is 241 Å². The van der Waals surface area contributed by atoms with Gasteiger partial charge < -0.3 is 24.1 Å². The lowest BCUT2D eigenvalue weighted by atomic mass is 9.98. The van der Waals surface area contributed by atoms with Crippen LogP contribution in [-0.4, -0.2) is 87.6 Å². The minimum absolute atomic E-state index is 0.0348. The van der Waals surface area contributed by atoms with Crippen molar-refractivity contribution in [3.8, 4) is 17.1 Å². The summed E-state index contributed by atoms with van der Waals surface area (Å²) in [4.78, 5) is 62.0. The fraction of sp³-hybridized carbons (Fsp3) is 0.600. The van der Waals surface area contributed by atoms with Gasteiger partial charge in [0.1, 0.15) is 29.8 Å². The molecule has 1 unspecified atom stereocenters. The largest absolute Gasteiger partial charge is 0.493 e. The maximum Gasteiger partial charge on any atom is 0.305 e. The van der Waals surface area contributed by atoms with Gasteiger partial charge in [-0.1, -0.05) is 19.8 Å². The molecule has 50 heavy (non-hydrogen) atoms. The number of hydrogen-bond donors (Lipinski definition) is 1. The molecule has 3 aromatic rings. The van der Waals surface area contributed by atoms with E-state index >= 15 is 0 Å². The molecule has 19 nitrogen and oxygen atoms in total. The van der Waals surface area contributed by atoms with Crippen LogP contribution in [0.1, 0.15) is 64.5 Å². The summed E-state index contributed by atoms with van der Waals surface area (Å²) in [5, 5.41) is 23.2. The van der Waals surface area contributed by atoms with E-state index in [1.807, 2.05) is 6.92 Å². The lowest BCUT2D eigenvalue weighted by Crippen LogP contribution is -2.49. The van der Waals surface area contributed by atoms with Crippen LogP contribution in [0.15, 0.2) is 27.9 Å². The number of carbonyl (C=O) groups excluding carboxylic acids is 1. The summed E-state index contributed by atoms with van der Waals surface area (Å²) in [6.45, 7) is 4.26. The molecule has 4 rings (SSSR count). The molecule has 0 amide bonds. The first-order valence-corrected chi connectivity index (χ1v) is 17.7. The van der Waals surface area contributed by atoms with Crippen LogP contribution in [0.25, 0.3) is 22.4 Å². The number of carbonyl (C=O) groups is 1. The summed E-state index contributed by atoms with van der Waals surface area (Å²) in [7, 11) is -2.20. The average molecular weight is 724 g/mol. The van der Waals surface area contributed by atoms with Crippen LogP contribution >= 0.6 is 0 Å². The highest BCUT2D eigenvalue weighted by molar-refractivity contribution is 7.89. The highest BCUT2D eigenvalue weighted by Gasteiger charge is 2.37. The van der Waals surface area contributed by atoms with Gasteiger partial charge in [0.05, 0.1) is 29.4 Å². The van der Waals surface area contributed by atoms with Gasteiger partial charge in [0.25, 0.3) is 15.7 Å². The van der Waals surface area contributed by atoms with Gasteiger partial charge >= 0.3 is 5.97 Å². The molecule has 1 saturated heterocycles. The van der Waals surface area contributed by atoms with E-state index < -0.39 is 44.4 Å². The fourth-order valence-electron chi connectivity index (χ4n) is 5.67. The highest BCUT2D eigenvalue weighted by atomic mass is 32.2. The van der Waals surface area contributed by atoms with E-state index in [9.17, 15) is 38.2 Å². The van der Waals surface area contributed by atoms with Crippen LogP contribution in [0.2, 0.25) is 0 Å². The van der Waals surface area contributed by atoms with E-state index in [-0.39, 0.29) is 36.1 Å². The summed E-state index contributed by atoms with van der Waals surface area (Å²) in [6.07, 6.45) is 2.27. The highest BCUT2D eigenvalue weighted by Crippen LogP contribution is 2.34. The Balaban J connectivity index is 1.28. The van der Waals surface area contributed by atoms with Crippen LogP contribution in [0.5, 0.6) is 5.75 Å². The maximum absolute atomic E-state index is 13.6. The Labute approximate surface area is 287 Å². The zero-order valence-corrected chi connectivity index (χ0v) is 28.9. The Morgan fingerprint density at radius 1 is 1.14 bits per heavy atom. The molecule has 1 fully saturated rings. The molecule has 20 heteroatoms. The molecule has 1 N–H and O–H groups in total. The normalized spacial score (nSPS) is 14.2. The molecular weight excluding hydrogens is 682 g/mol. The zero-order chi connectivity index (χ0) is 36.4. The molecule has 0 bridgehead atoms. The Kier molecular flexibility index (Phi) is 13.1. The molecule has 0 radical (unpaired) electrons. The number of sulfonamides is 1. The Morgan fingerprint density at radius 3 is 2.58 bits per heavy atom. The van der Waals surface area contributed by atoms with Crippen molar-refractivity contribution in [3.05, 3.63) is 54.5 Å². The number of esters is 1. The zero-order valence-electron chi connectivity index (χ0n) is 28.1. The first-order valence-electron chi connectivity index (χ1n) is 16.3. The second kappa shape index (κ2) is 17.2. The van der Waals surface area contributed by atoms with Crippen molar-refractivity contribution < 1.29 is 42.5 Å². The minimum atomic E-state index is -3.87. The molecule has 1 aliphatic heterocycles. The number of fused-ring (bicyclic) bond motifs is 1. The van der Waals surface area contributed by atoms with Crippen LogP contribution in [-0.2, 0) is 42.7 Å². The molecule has 0 spiro atoms. The maximum atomic E-state index is 13.6. The molecule has 1 aromatic carbocycles. The van der Waals surface area contributed by atoms with Crippen LogP contribution < -0.4 is 10.3 Å². The number of aromatic amines is 1. The van der Waals surface area contributed by atoms with Crippen LogP contribution in [0, 0.1) is 26.1 Å². The van der Waals surface area contributed by atoms with Gasteiger partial charge in [0.15, 0.2) is 5.52 Å². The van der Waals surface area contributed by atoms with Gasteiger partial charge in [-0.05, 0) is 63.1 Å². The predicted octanol–water partition coefficient (Wildman–Crippen LogP) is 2.96. The van der Waals surface area contributed by atoms with E-state index in [1.165, 1.54) is 21.1 Å². The van der Waals surface area contributed by atoms with Gasteiger partial charge in [0, 0.05) is 26.6 Å². The Hall–Kier alpha value is -4.85. The average Bonchev–Trinajstić information content (AvgIpc) is 3.35. The third-order valence-corrected chi connectivity index (χ3v) is 9.92. The van der Waals surface area contributed by atoms with Crippen molar-refractivity contribution >= 4 is 27.0 Å². The van der Waals surface area contributed by atoms with Crippen molar-refractivity contribution in [3.63, 3.8) is 0 Å². The van der Waals surface area contributed by atoms with E-state index in [0.29, 0.717) is 79.8 Å². The van der Waals surface area contributed by atoms with Crippen molar-refractivity contribution in [2.45, 2.75) is 76.2 Å². The van der Waals surface area contributed by atoms with E-state index in [2.05, 4.69) is 19.8 Å².